The number of carbonyl (C=O) groups is 1. The van der Waals surface area contributed by atoms with Crippen LogP contribution in [0.2, 0.25) is 0 Å². The predicted molar refractivity (Wildman–Crippen MR) is 127 cm³/mol. The average Bonchev–Trinajstić information content (AvgIpc) is 3.39. The number of ether oxygens (including phenoxy) is 1. The van der Waals surface area contributed by atoms with Crippen LogP contribution in [-0.2, 0) is 24.5 Å². The van der Waals surface area contributed by atoms with Gasteiger partial charge in [0.05, 0.1) is 12.3 Å². The Morgan fingerprint density at radius 2 is 2.19 bits per heavy atom. The monoisotopic (exact) mass is 456 g/mol. The molecule has 3 aromatic rings. The molecule has 0 atom stereocenters. The van der Waals surface area contributed by atoms with Crippen LogP contribution in [0.5, 0.6) is 5.75 Å². The second-order valence-electron chi connectivity index (χ2n) is 7.43. The first-order chi connectivity index (χ1) is 15.0. The summed E-state index contributed by atoms with van der Waals surface area (Å²) >= 11 is 2.99. The van der Waals surface area contributed by atoms with Gasteiger partial charge in [-0.25, -0.2) is 0 Å². The van der Waals surface area contributed by atoms with Crippen LogP contribution in [0.25, 0.3) is 0 Å². The van der Waals surface area contributed by atoms with Gasteiger partial charge in [-0.3, -0.25) is 9.36 Å². The van der Waals surface area contributed by atoms with Crippen LogP contribution < -0.4 is 10.1 Å². The van der Waals surface area contributed by atoms with Crippen molar-refractivity contribution in [2.45, 2.75) is 51.5 Å². The van der Waals surface area contributed by atoms with Crippen molar-refractivity contribution < 1.29 is 9.53 Å². The molecule has 8 heteroatoms. The van der Waals surface area contributed by atoms with Crippen LogP contribution in [0.15, 0.2) is 53.5 Å². The Hall–Kier alpha value is -2.58. The lowest BCUT2D eigenvalue weighted by Gasteiger charge is -2.15. The van der Waals surface area contributed by atoms with E-state index in [1.165, 1.54) is 11.8 Å². The molecule has 0 aliphatic rings. The van der Waals surface area contributed by atoms with Crippen LogP contribution >= 0.6 is 23.1 Å². The van der Waals surface area contributed by atoms with Crippen LogP contribution in [0.1, 0.15) is 41.6 Å². The molecule has 0 bridgehead atoms. The molecule has 0 spiro atoms. The summed E-state index contributed by atoms with van der Waals surface area (Å²) in [5, 5.41) is 14.2. The first-order valence-corrected chi connectivity index (χ1v) is 12.0. The summed E-state index contributed by atoms with van der Waals surface area (Å²) in [6, 6.07) is 10.2. The maximum Gasteiger partial charge on any atom is 0.230 e. The number of carbonyl (C=O) groups excluding carboxylic acids is 1. The first kappa shape index (κ1) is 23.1. The zero-order valence-corrected chi connectivity index (χ0v) is 19.8. The van der Waals surface area contributed by atoms with Crippen LogP contribution in [0, 0.1) is 6.92 Å². The lowest BCUT2D eigenvalue weighted by molar-refractivity contribution is -0.118. The molecular formula is C23H28N4O2S2. The zero-order chi connectivity index (χ0) is 22.2. The Bertz CT molecular complexity index is 1010. The second kappa shape index (κ2) is 11.2. The zero-order valence-electron chi connectivity index (χ0n) is 18.1. The van der Waals surface area contributed by atoms with Gasteiger partial charge in [0, 0.05) is 11.4 Å². The van der Waals surface area contributed by atoms with E-state index in [2.05, 4.69) is 61.1 Å². The van der Waals surface area contributed by atoms with E-state index in [4.69, 9.17) is 4.74 Å². The third-order valence-corrected chi connectivity index (χ3v) is 6.47. The molecule has 1 amide bonds. The number of thiophene rings is 1. The van der Waals surface area contributed by atoms with Crippen LogP contribution in [0.3, 0.4) is 0 Å². The van der Waals surface area contributed by atoms with Crippen molar-refractivity contribution in [1.82, 2.24) is 20.1 Å². The normalized spacial score (nSPS) is 11.0. The van der Waals surface area contributed by atoms with E-state index in [0.717, 1.165) is 21.8 Å². The van der Waals surface area contributed by atoms with Gasteiger partial charge in [-0.2, -0.15) is 0 Å². The molecule has 0 aliphatic carbocycles. The maximum atomic E-state index is 12.2. The van der Waals surface area contributed by atoms with Gasteiger partial charge in [0.25, 0.3) is 0 Å². The van der Waals surface area contributed by atoms with Gasteiger partial charge in [0.2, 0.25) is 5.91 Å². The number of allylic oxidation sites excluding steroid dienone is 1. The highest BCUT2D eigenvalue weighted by molar-refractivity contribution is 7.99. The van der Waals surface area contributed by atoms with E-state index >= 15 is 0 Å². The smallest absolute Gasteiger partial charge is 0.230 e. The van der Waals surface area contributed by atoms with Gasteiger partial charge in [0.15, 0.2) is 11.0 Å². The summed E-state index contributed by atoms with van der Waals surface area (Å²) in [5.74, 6) is 2.17. The molecule has 6 nitrogen and oxygen atoms in total. The Morgan fingerprint density at radius 3 is 2.90 bits per heavy atom. The van der Waals surface area contributed by atoms with E-state index in [1.807, 2.05) is 22.1 Å². The molecule has 1 N–H and O–H groups in total. The number of amides is 1. The summed E-state index contributed by atoms with van der Waals surface area (Å²) in [6.07, 6.45) is 1.79. The van der Waals surface area contributed by atoms with E-state index in [9.17, 15) is 4.79 Å². The number of hydrogen-bond donors (Lipinski definition) is 1. The summed E-state index contributed by atoms with van der Waals surface area (Å²) in [6.45, 7) is 11.6. The number of rotatable bonds is 11. The lowest BCUT2D eigenvalue weighted by atomic mass is 10.0. The number of benzene rings is 1. The highest BCUT2D eigenvalue weighted by atomic mass is 32.2. The number of aromatic nitrogens is 3. The minimum Gasteiger partial charge on any atom is -0.485 e. The molecule has 1 aromatic carbocycles. The highest BCUT2D eigenvalue weighted by Crippen LogP contribution is 2.28. The predicted octanol–water partition coefficient (Wildman–Crippen LogP) is 4.94. The third-order valence-electron chi connectivity index (χ3n) is 4.63. The number of aryl methyl sites for hydroxylation is 1. The van der Waals surface area contributed by atoms with Gasteiger partial charge in [-0.05, 0) is 41.5 Å². The van der Waals surface area contributed by atoms with Crippen molar-refractivity contribution in [3.63, 3.8) is 0 Å². The molecule has 2 heterocycles. The fraction of sp³-hybridized carbons (Fsp3) is 0.348. The Morgan fingerprint density at radius 1 is 1.35 bits per heavy atom. The molecule has 0 saturated carbocycles. The number of nitrogens with zero attached hydrogens (tertiary/aromatic N) is 3. The van der Waals surface area contributed by atoms with E-state index < -0.39 is 0 Å². The molecule has 0 aliphatic heterocycles. The van der Waals surface area contributed by atoms with E-state index in [-0.39, 0.29) is 11.7 Å². The Labute approximate surface area is 191 Å². The molecular weight excluding hydrogens is 428 g/mol. The van der Waals surface area contributed by atoms with Crippen molar-refractivity contribution in [2.24, 2.45) is 0 Å². The SMILES string of the molecule is C=CCn1c(COc2cc(C)ccc2C(C)C)nnc1SCC(=O)NCc1cccs1. The van der Waals surface area contributed by atoms with E-state index in [0.29, 0.717) is 36.6 Å². The molecule has 2 aromatic heterocycles. The number of hydrogen-bond acceptors (Lipinski definition) is 6. The van der Waals surface area contributed by atoms with Gasteiger partial charge < -0.3 is 10.1 Å². The molecule has 0 unspecified atom stereocenters. The fourth-order valence-electron chi connectivity index (χ4n) is 3.01. The molecule has 31 heavy (non-hydrogen) atoms. The van der Waals surface area contributed by atoms with Gasteiger partial charge in [-0.15, -0.1) is 28.1 Å². The topological polar surface area (TPSA) is 69.0 Å². The van der Waals surface area contributed by atoms with Crippen LogP contribution in [0.4, 0.5) is 0 Å². The number of thioether (sulfide) groups is 1. The van der Waals surface area contributed by atoms with Gasteiger partial charge >= 0.3 is 0 Å². The van der Waals surface area contributed by atoms with Gasteiger partial charge in [0.1, 0.15) is 12.4 Å². The van der Waals surface area contributed by atoms with Crippen molar-refractivity contribution in [2.75, 3.05) is 5.75 Å². The van der Waals surface area contributed by atoms with Crippen LogP contribution in [-0.4, -0.2) is 26.4 Å². The summed E-state index contributed by atoms with van der Waals surface area (Å²) in [7, 11) is 0. The quantitative estimate of drug-likeness (QED) is 0.327. The second-order valence-corrected chi connectivity index (χ2v) is 9.40. The summed E-state index contributed by atoms with van der Waals surface area (Å²) in [5.41, 5.74) is 2.31. The van der Waals surface area contributed by atoms with Gasteiger partial charge in [-0.1, -0.05) is 49.9 Å². The average molecular weight is 457 g/mol. The Kier molecular flexibility index (Phi) is 8.31. The van der Waals surface area contributed by atoms with Crippen molar-refractivity contribution in [1.29, 1.82) is 0 Å². The van der Waals surface area contributed by atoms with Crippen molar-refractivity contribution >= 4 is 29.0 Å². The van der Waals surface area contributed by atoms with Crippen molar-refractivity contribution in [3.8, 4) is 5.75 Å². The fourth-order valence-corrected chi connectivity index (χ4v) is 4.45. The van der Waals surface area contributed by atoms with E-state index in [1.54, 1.807) is 17.4 Å². The largest absolute Gasteiger partial charge is 0.485 e. The molecule has 164 valence electrons. The Balaban J connectivity index is 1.63. The third kappa shape index (κ3) is 6.45. The molecule has 3 rings (SSSR count). The highest BCUT2D eigenvalue weighted by Gasteiger charge is 2.15. The van der Waals surface area contributed by atoms with Crippen molar-refractivity contribution in [3.05, 3.63) is 70.2 Å². The maximum absolute atomic E-state index is 12.2. The molecule has 0 saturated heterocycles. The summed E-state index contributed by atoms with van der Waals surface area (Å²) < 4.78 is 8.07. The number of nitrogens with one attached hydrogen (secondary N) is 1. The minimum absolute atomic E-state index is 0.0364. The lowest BCUT2D eigenvalue weighted by Crippen LogP contribution is -2.24. The molecule has 0 fully saturated rings. The first-order valence-electron chi connectivity index (χ1n) is 10.2. The minimum atomic E-state index is -0.0364. The summed E-state index contributed by atoms with van der Waals surface area (Å²) in [4.78, 5) is 13.3. The standard InChI is InChI=1S/C23H28N4O2S2/c1-5-10-27-21(14-29-20-12-17(4)8-9-19(20)16(2)3)25-26-23(27)31-15-22(28)24-13-18-7-6-11-30-18/h5-9,11-12,16H,1,10,13-15H2,2-4H3,(H,24,28). The molecule has 0 radical (unpaired) electrons.